The Morgan fingerprint density at radius 1 is 1.18 bits per heavy atom. The van der Waals surface area contributed by atoms with Gasteiger partial charge in [-0.2, -0.15) is 18.3 Å². The Labute approximate surface area is 162 Å². The summed E-state index contributed by atoms with van der Waals surface area (Å²) in [5, 5.41) is 7.32. The molecule has 1 N–H and O–H groups in total. The highest BCUT2D eigenvalue weighted by Gasteiger charge is 2.31. The van der Waals surface area contributed by atoms with Crippen LogP contribution < -0.4 is 5.32 Å². The van der Waals surface area contributed by atoms with E-state index in [2.05, 4.69) is 22.3 Å². The van der Waals surface area contributed by atoms with Crippen molar-refractivity contribution in [2.45, 2.75) is 64.6 Å². The number of pyridine rings is 1. The maximum atomic E-state index is 12.8. The molecule has 0 unspecified atom stereocenters. The van der Waals surface area contributed by atoms with Gasteiger partial charge < -0.3 is 5.32 Å². The van der Waals surface area contributed by atoms with Gasteiger partial charge in [0.1, 0.15) is 0 Å². The molecule has 1 amide bonds. The standard InChI is InChI=1S/C20H25F3N4O/c1-12(2)18-16(19(28)26-15-7-4-13(3)5-8-15)11-25-27(18)17-9-6-14(10-24-17)20(21,22)23/h6,9-13,15H,4-5,7-8H2,1-3H3,(H,26,28). The minimum atomic E-state index is -4.45. The van der Waals surface area contributed by atoms with Crippen molar-refractivity contribution in [2.75, 3.05) is 0 Å². The van der Waals surface area contributed by atoms with Gasteiger partial charge in [-0.3, -0.25) is 4.79 Å². The minimum Gasteiger partial charge on any atom is -0.349 e. The molecule has 2 aromatic heterocycles. The summed E-state index contributed by atoms with van der Waals surface area (Å²) in [6.45, 7) is 6.04. The van der Waals surface area contributed by atoms with Crippen molar-refractivity contribution in [1.82, 2.24) is 20.1 Å². The van der Waals surface area contributed by atoms with Crippen molar-refractivity contribution in [1.29, 1.82) is 0 Å². The summed E-state index contributed by atoms with van der Waals surface area (Å²) in [7, 11) is 0. The number of rotatable bonds is 4. The number of hydrogen-bond donors (Lipinski definition) is 1. The molecule has 1 aliphatic rings. The van der Waals surface area contributed by atoms with E-state index in [0.717, 1.165) is 37.9 Å². The zero-order valence-corrected chi connectivity index (χ0v) is 16.3. The van der Waals surface area contributed by atoms with E-state index >= 15 is 0 Å². The van der Waals surface area contributed by atoms with Crippen LogP contribution in [0, 0.1) is 5.92 Å². The van der Waals surface area contributed by atoms with E-state index in [1.54, 1.807) is 0 Å². The number of amides is 1. The second kappa shape index (κ2) is 7.93. The fraction of sp³-hybridized carbons (Fsp3) is 0.550. The van der Waals surface area contributed by atoms with Crippen molar-refractivity contribution in [3.63, 3.8) is 0 Å². The lowest BCUT2D eigenvalue weighted by molar-refractivity contribution is -0.137. The lowest BCUT2D eigenvalue weighted by atomic mass is 9.87. The second-order valence-electron chi connectivity index (χ2n) is 7.84. The number of carbonyl (C=O) groups is 1. The Morgan fingerprint density at radius 2 is 1.86 bits per heavy atom. The van der Waals surface area contributed by atoms with Gasteiger partial charge in [0.25, 0.3) is 5.91 Å². The van der Waals surface area contributed by atoms with Crippen LogP contribution in [0.3, 0.4) is 0 Å². The Bertz CT molecular complexity index is 819. The third-order valence-corrected chi connectivity index (χ3v) is 5.24. The lowest BCUT2D eigenvalue weighted by Gasteiger charge is -2.27. The summed E-state index contributed by atoms with van der Waals surface area (Å²) in [5.74, 6) is 0.690. The largest absolute Gasteiger partial charge is 0.417 e. The predicted octanol–water partition coefficient (Wildman–Crippen LogP) is 4.72. The molecule has 0 aliphatic heterocycles. The number of nitrogens with one attached hydrogen (secondary N) is 1. The van der Waals surface area contributed by atoms with Crippen LogP contribution in [-0.4, -0.2) is 26.7 Å². The van der Waals surface area contributed by atoms with E-state index < -0.39 is 11.7 Å². The van der Waals surface area contributed by atoms with Gasteiger partial charge in [0, 0.05) is 12.2 Å². The van der Waals surface area contributed by atoms with Gasteiger partial charge in [-0.1, -0.05) is 20.8 Å². The maximum absolute atomic E-state index is 12.8. The number of carbonyl (C=O) groups excluding carboxylic acids is 1. The average Bonchev–Trinajstić information content (AvgIpc) is 3.08. The molecule has 8 heteroatoms. The fourth-order valence-corrected chi connectivity index (χ4v) is 3.62. The van der Waals surface area contributed by atoms with Crippen LogP contribution in [0.25, 0.3) is 5.82 Å². The Balaban J connectivity index is 1.84. The van der Waals surface area contributed by atoms with Crippen LogP contribution in [0.4, 0.5) is 13.2 Å². The van der Waals surface area contributed by atoms with E-state index in [4.69, 9.17) is 0 Å². The smallest absolute Gasteiger partial charge is 0.349 e. The van der Waals surface area contributed by atoms with E-state index in [9.17, 15) is 18.0 Å². The van der Waals surface area contributed by atoms with Crippen molar-refractivity contribution in [3.05, 3.63) is 41.3 Å². The third-order valence-electron chi connectivity index (χ3n) is 5.24. The van der Waals surface area contributed by atoms with Crippen LogP contribution in [0.1, 0.15) is 74.0 Å². The quantitative estimate of drug-likeness (QED) is 0.816. The summed E-state index contributed by atoms with van der Waals surface area (Å²) in [5.41, 5.74) is 0.253. The molecule has 0 bridgehead atoms. The summed E-state index contributed by atoms with van der Waals surface area (Å²) < 4.78 is 39.8. The molecule has 28 heavy (non-hydrogen) atoms. The van der Waals surface area contributed by atoms with Crippen molar-refractivity contribution < 1.29 is 18.0 Å². The van der Waals surface area contributed by atoms with Gasteiger partial charge in [-0.25, -0.2) is 9.67 Å². The molecule has 0 spiro atoms. The number of alkyl halides is 3. The van der Waals surface area contributed by atoms with Crippen LogP contribution in [0.15, 0.2) is 24.5 Å². The maximum Gasteiger partial charge on any atom is 0.417 e. The van der Waals surface area contributed by atoms with Crippen molar-refractivity contribution in [2.24, 2.45) is 5.92 Å². The van der Waals surface area contributed by atoms with Gasteiger partial charge >= 0.3 is 6.18 Å². The van der Waals surface area contributed by atoms with Gasteiger partial charge in [-0.05, 0) is 49.7 Å². The number of nitrogens with zero attached hydrogens (tertiary/aromatic N) is 3. The molecule has 1 saturated carbocycles. The van der Waals surface area contributed by atoms with Crippen LogP contribution in [0.5, 0.6) is 0 Å². The highest BCUT2D eigenvalue weighted by Crippen LogP contribution is 2.30. The summed E-state index contributed by atoms with van der Waals surface area (Å²) in [4.78, 5) is 16.7. The van der Waals surface area contributed by atoms with Crippen LogP contribution >= 0.6 is 0 Å². The molecule has 0 radical (unpaired) electrons. The first-order valence-electron chi connectivity index (χ1n) is 9.59. The first-order chi connectivity index (χ1) is 13.2. The number of aromatic nitrogens is 3. The molecule has 1 aliphatic carbocycles. The molecular weight excluding hydrogens is 369 g/mol. The van der Waals surface area contributed by atoms with E-state index in [0.29, 0.717) is 17.2 Å². The van der Waals surface area contributed by atoms with Gasteiger partial charge in [0.05, 0.1) is 23.0 Å². The SMILES string of the molecule is CC1CCC(NC(=O)c2cnn(-c3ccc(C(F)(F)F)cn3)c2C(C)C)CC1. The number of halogens is 3. The van der Waals surface area contributed by atoms with E-state index in [-0.39, 0.29) is 23.7 Å². The molecular formula is C20H25F3N4O. The van der Waals surface area contributed by atoms with Gasteiger partial charge in [-0.15, -0.1) is 0 Å². The van der Waals surface area contributed by atoms with E-state index in [1.165, 1.54) is 16.9 Å². The molecule has 0 atom stereocenters. The normalized spacial score (nSPS) is 20.4. The molecule has 3 rings (SSSR count). The van der Waals surface area contributed by atoms with Gasteiger partial charge in [0.15, 0.2) is 5.82 Å². The zero-order valence-electron chi connectivity index (χ0n) is 16.3. The average molecular weight is 394 g/mol. The molecule has 5 nitrogen and oxygen atoms in total. The minimum absolute atomic E-state index is 0.0567. The Kier molecular flexibility index (Phi) is 5.76. The van der Waals surface area contributed by atoms with Crippen molar-refractivity contribution in [3.8, 4) is 5.82 Å². The topological polar surface area (TPSA) is 59.8 Å². The molecule has 0 saturated heterocycles. The van der Waals surface area contributed by atoms with Crippen LogP contribution in [0.2, 0.25) is 0 Å². The number of hydrogen-bond acceptors (Lipinski definition) is 3. The summed E-state index contributed by atoms with van der Waals surface area (Å²) in [6, 6.07) is 2.39. The lowest BCUT2D eigenvalue weighted by Crippen LogP contribution is -2.37. The summed E-state index contributed by atoms with van der Waals surface area (Å²) in [6.07, 6.45) is 1.91. The Morgan fingerprint density at radius 3 is 2.39 bits per heavy atom. The highest BCUT2D eigenvalue weighted by atomic mass is 19.4. The van der Waals surface area contributed by atoms with E-state index in [1.807, 2.05) is 13.8 Å². The second-order valence-corrected chi connectivity index (χ2v) is 7.84. The summed E-state index contributed by atoms with van der Waals surface area (Å²) >= 11 is 0. The zero-order chi connectivity index (χ0) is 20.5. The molecule has 0 aromatic carbocycles. The first kappa shape index (κ1) is 20.4. The third kappa shape index (κ3) is 4.36. The highest BCUT2D eigenvalue weighted by molar-refractivity contribution is 5.95. The fourth-order valence-electron chi connectivity index (χ4n) is 3.62. The van der Waals surface area contributed by atoms with Crippen LogP contribution in [-0.2, 0) is 6.18 Å². The molecule has 2 aromatic rings. The van der Waals surface area contributed by atoms with Gasteiger partial charge in [0.2, 0.25) is 0 Å². The molecule has 2 heterocycles. The van der Waals surface area contributed by atoms with Crippen molar-refractivity contribution >= 4 is 5.91 Å². The first-order valence-corrected chi connectivity index (χ1v) is 9.59. The monoisotopic (exact) mass is 394 g/mol. The molecule has 152 valence electrons. The predicted molar refractivity (Wildman–Crippen MR) is 99.3 cm³/mol. The Hall–Kier alpha value is -2.38. The molecule has 1 fully saturated rings.